The van der Waals surface area contributed by atoms with Crippen LogP contribution in [0.1, 0.15) is 18.5 Å². The molecule has 5 heteroatoms. The number of fused-ring (bicyclic) bond motifs is 3. The molecule has 0 aliphatic rings. The summed E-state index contributed by atoms with van der Waals surface area (Å²) in [5, 5.41) is 7.31. The molecule has 0 radical (unpaired) electrons. The van der Waals surface area contributed by atoms with E-state index in [0.717, 1.165) is 33.2 Å². The van der Waals surface area contributed by atoms with Gasteiger partial charge in [-0.05, 0) is 47.5 Å². The van der Waals surface area contributed by atoms with E-state index in [2.05, 4.69) is 86.3 Å². The van der Waals surface area contributed by atoms with Crippen molar-refractivity contribution in [3.05, 3.63) is 91.0 Å². The molecule has 5 nitrogen and oxygen atoms in total. The Kier molecular flexibility index (Phi) is 3.68. The number of H-pyrrole nitrogens is 1. The van der Waals surface area contributed by atoms with Crippen LogP contribution >= 0.6 is 0 Å². The van der Waals surface area contributed by atoms with Crippen molar-refractivity contribution >= 4 is 32.7 Å². The van der Waals surface area contributed by atoms with Crippen molar-refractivity contribution in [1.29, 1.82) is 0 Å². The van der Waals surface area contributed by atoms with Crippen molar-refractivity contribution in [2.75, 3.05) is 0 Å². The zero-order valence-corrected chi connectivity index (χ0v) is 16.4. The average molecular weight is 389 g/mol. The maximum Gasteiger partial charge on any atom is 0.116 e. The summed E-state index contributed by atoms with van der Waals surface area (Å²) >= 11 is 0. The largest absolute Gasteiger partial charge is 0.297 e. The summed E-state index contributed by atoms with van der Waals surface area (Å²) in [6.07, 6.45) is 5.26. The van der Waals surface area contributed by atoms with E-state index in [1.54, 1.807) is 6.33 Å². The van der Waals surface area contributed by atoms with Crippen LogP contribution in [0.3, 0.4) is 0 Å². The van der Waals surface area contributed by atoms with Crippen molar-refractivity contribution in [2.45, 2.75) is 13.0 Å². The molecule has 3 aromatic carbocycles. The fourth-order valence-corrected chi connectivity index (χ4v) is 4.36. The number of imidazole rings is 1. The van der Waals surface area contributed by atoms with Gasteiger partial charge in [-0.15, -0.1) is 0 Å². The summed E-state index contributed by atoms with van der Waals surface area (Å²) in [7, 11) is 0. The lowest BCUT2D eigenvalue weighted by Crippen LogP contribution is -2.09. The van der Waals surface area contributed by atoms with Gasteiger partial charge in [0, 0.05) is 23.3 Å². The Hall–Kier alpha value is -3.99. The highest BCUT2D eigenvalue weighted by atomic mass is 15.3. The number of hydrogen-bond donors (Lipinski definition) is 1. The minimum Gasteiger partial charge on any atom is -0.297 e. The molecular weight excluding hydrogens is 370 g/mol. The van der Waals surface area contributed by atoms with Gasteiger partial charge in [0.2, 0.25) is 0 Å². The van der Waals surface area contributed by atoms with Gasteiger partial charge in [0.1, 0.15) is 6.33 Å². The third kappa shape index (κ3) is 2.52. The number of benzene rings is 3. The predicted molar refractivity (Wildman–Crippen MR) is 120 cm³/mol. The minimum atomic E-state index is 0.106. The first kappa shape index (κ1) is 16.9. The number of aromatic nitrogens is 5. The van der Waals surface area contributed by atoms with Crippen molar-refractivity contribution in [3.63, 3.8) is 0 Å². The Morgan fingerprint density at radius 3 is 2.47 bits per heavy atom. The van der Waals surface area contributed by atoms with Gasteiger partial charge < -0.3 is 0 Å². The van der Waals surface area contributed by atoms with Crippen molar-refractivity contribution in [3.8, 4) is 11.3 Å². The van der Waals surface area contributed by atoms with Crippen LogP contribution in [-0.2, 0) is 0 Å². The summed E-state index contributed by atoms with van der Waals surface area (Å²) in [6, 6.07) is 23.4. The smallest absolute Gasteiger partial charge is 0.116 e. The Bertz CT molecular complexity index is 1510. The van der Waals surface area contributed by atoms with Gasteiger partial charge in [-0.1, -0.05) is 42.5 Å². The summed E-state index contributed by atoms with van der Waals surface area (Å²) < 4.78 is 2.24. The van der Waals surface area contributed by atoms with Crippen LogP contribution in [0.2, 0.25) is 0 Å². The molecule has 0 saturated carbocycles. The number of pyridine rings is 1. The molecule has 144 valence electrons. The molecule has 3 heterocycles. The third-order valence-electron chi connectivity index (χ3n) is 5.88. The van der Waals surface area contributed by atoms with Crippen LogP contribution in [0, 0.1) is 0 Å². The fourth-order valence-electron chi connectivity index (χ4n) is 4.36. The molecule has 6 rings (SSSR count). The number of hydrogen-bond acceptors (Lipinski definition) is 3. The number of aromatic amines is 1. The van der Waals surface area contributed by atoms with E-state index in [1.165, 1.54) is 16.3 Å². The van der Waals surface area contributed by atoms with E-state index in [1.807, 2.05) is 24.5 Å². The van der Waals surface area contributed by atoms with E-state index in [9.17, 15) is 0 Å². The monoisotopic (exact) mass is 389 g/mol. The van der Waals surface area contributed by atoms with Gasteiger partial charge in [-0.25, -0.2) is 9.97 Å². The van der Waals surface area contributed by atoms with Crippen LogP contribution < -0.4 is 0 Å². The van der Waals surface area contributed by atoms with Gasteiger partial charge >= 0.3 is 0 Å². The highest BCUT2D eigenvalue weighted by Gasteiger charge is 2.19. The van der Waals surface area contributed by atoms with Gasteiger partial charge in [0.15, 0.2) is 0 Å². The molecule has 0 spiro atoms. The lowest BCUT2D eigenvalue weighted by Gasteiger charge is -2.18. The van der Waals surface area contributed by atoms with Crippen LogP contribution in [0.5, 0.6) is 0 Å². The van der Waals surface area contributed by atoms with Crippen LogP contribution in [0.4, 0.5) is 0 Å². The van der Waals surface area contributed by atoms with E-state index in [-0.39, 0.29) is 6.04 Å². The van der Waals surface area contributed by atoms with Crippen molar-refractivity contribution in [2.24, 2.45) is 0 Å². The molecule has 0 amide bonds. The van der Waals surface area contributed by atoms with Crippen LogP contribution in [-0.4, -0.2) is 24.7 Å². The summed E-state index contributed by atoms with van der Waals surface area (Å²) in [5.41, 5.74) is 6.34. The van der Waals surface area contributed by atoms with E-state index in [4.69, 9.17) is 0 Å². The maximum absolute atomic E-state index is 4.43. The second-order valence-electron chi connectivity index (χ2n) is 7.57. The lowest BCUT2D eigenvalue weighted by atomic mass is 9.99. The number of rotatable bonds is 3. The first-order valence-electron chi connectivity index (χ1n) is 10.0. The zero-order valence-electron chi connectivity index (χ0n) is 16.4. The Morgan fingerprint density at radius 2 is 1.60 bits per heavy atom. The Morgan fingerprint density at radius 1 is 0.833 bits per heavy atom. The standard InChI is InChI=1S/C25H19N5/c1-16(19-8-4-6-17-5-2-3-7-20(17)19)30-24-14-23-22(27-15-28-23)13-21(24)25(29-30)18-9-11-26-12-10-18/h2-16,29H,1H3/t16-/m1/s1. The highest BCUT2D eigenvalue weighted by molar-refractivity contribution is 6.01. The Labute approximate surface area is 173 Å². The van der Waals surface area contributed by atoms with Gasteiger partial charge in [0.25, 0.3) is 0 Å². The Balaban J connectivity index is 1.64. The second kappa shape index (κ2) is 6.52. The molecular formula is C25H19N5. The van der Waals surface area contributed by atoms with Gasteiger partial charge in [-0.2, -0.15) is 0 Å². The quantitative estimate of drug-likeness (QED) is 0.420. The normalized spacial score (nSPS) is 12.7. The predicted octanol–water partition coefficient (Wildman–Crippen LogP) is 5.74. The van der Waals surface area contributed by atoms with Crippen LogP contribution in [0.15, 0.2) is 85.5 Å². The second-order valence-corrected chi connectivity index (χ2v) is 7.57. The molecule has 0 aliphatic carbocycles. The van der Waals surface area contributed by atoms with E-state index in [0.29, 0.717) is 0 Å². The first-order chi connectivity index (χ1) is 14.8. The minimum absolute atomic E-state index is 0.106. The summed E-state index contributed by atoms with van der Waals surface area (Å²) in [5.74, 6) is 0. The molecule has 6 aromatic rings. The van der Waals surface area contributed by atoms with Crippen molar-refractivity contribution < 1.29 is 0 Å². The van der Waals surface area contributed by atoms with E-state index < -0.39 is 0 Å². The summed E-state index contributed by atoms with van der Waals surface area (Å²) in [6.45, 7) is 2.23. The van der Waals surface area contributed by atoms with Crippen LogP contribution in [0.25, 0.3) is 44.0 Å². The highest BCUT2D eigenvalue weighted by Crippen LogP contribution is 2.35. The van der Waals surface area contributed by atoms with Gasteiger partial charge in [-0.3, -0.25) is 14.8 Å². The van der Waals surface area contributed by atoms with Crippen molar-refractivity contribution in [1.82, 2.24) is 24.7 Å². The molecule has 0 aliphatic heterocycles. The zero-order chi connectivity index (χ0) is 20.1. The molecule has 3 aromatic heterocycles. The lowest BCUT2D eigenvalue weighted by molar-refractivity contribution is 0.590. The third-order valence-corrected chi connectivity index (χ3v) is 5.88. The first-order valence-corrected chi connectivity index (χ1v) is 10.0. The topological polar surface area (TPSA) is 59.4 Å². The number of nitrogens with zero attached hydrogens (tertiary/aromatic N) is 4. The molecule has 0 bridgehead atoms. The average Bonchev–Trinajstić information content (AvgIpc) is 3.41. The maximum atomic E-state index is 4.43. The molecule has 0 fully saturated rings. The molecule has 30 heavy (non-hydrogen) atoms. The fraction of sp³-hybridized carbons (Fsp3) is 0.0800. The SMILES string of the molecule is C[C@H](c1cccc2ccccc12)n1[nH]c(-c2ccncc2)c2cc3ncnc3cc21. The molecule has 1 atom stereocenters. The molecule has 0 unspecified atom stereocenters. The summed E-state index contributed by atoms with van der Waals surface area (Å²) in [4.78, 5) is 13.0. The van der Waals surface area contributed by atoms with E-state index >= 15 is 0 Å². The molecule has 1 N–H and O–H groups in total. The van der Waals surface area contributed by atoms with Gasteiger partial charge in [0.05, 0.1) is 28.3 Å². The number of nitrogens with one attached hydrogen (secondary N) is 1. The molecule has 0 saturated heterocycles.